The molecule has 0 saturated heterocycles. The predicted octanol–water partition coefficient (Wildman–Crippen LogP) is 9.43. The van der Waals surface area contributed by atoms with Crippen LogP contribution >= 0.6 is 7.82 Å². The summed E-state index contributed by atoms with van der Waals surface area (Å²) in [4.78, 5) is 34.5. The number of hydrogen-bond donors (Lipinski definition) is 2. The number of hydrogen-bond acceptors (Lipinski definition) is 8. The molecule has 2 unspecified atom stereocenters. The molecule has 10 heteroatoms. The van der Waals surface area contributed by atoms with Gasteiger partial charge in [-0.2, -0.15) is 0 Å². The SMILES string of the molecule is CCCCC/C=C/CCCCCCCC(=O)OCC(COP(=O)(O)OCCN)OC(=O)CC/C=C/C/C=C/CCCCCCCC. The van der Waals surface area contributed by atoms with Gasteiger partial charge in [-0.3, -0.25) is 18.6 Å². The van der Waals surface area contributed by atoms with E-state index in [4.69, 9.17) is 24.3 Å². The van der Waals surface area contributed by atoms with Gasteiger partial charge in [-0.05, 0) is 57.8 Å². The second kappa shape index (κ2) is 33.1. The number of nitrogens with two attached hydrogens (primary N) is 1. The summed E-state index contributed by atoms with van der Waals surface area (Å²) >= 11 is 0. The molecule has 3 N–H and O–H groups in total. The number of carbonyl (C=O) groups excluding carboxylic acids is 2. The van der Waals surface area contributed by atoms with Crippen LogP contribution in [0.15, 0.2) is 36.5 Å². The molecule has 0 aliphatic heterocycles. The number of carbonyl (C=O) groups is 2. The first kappa shape index (κ1) is 44.2. The second-order valence-corrected chi connectivity index (χ2v) is 13.2. The van der Waals surface area contributed by atoms with Crippen LogP contribution in [0.1, 0.15) is 149 Å². The Morgan fingerprint density at radius 1 is 0.652 bits per heavy atom. The average Bonchev–Trinajstić information content (AvgIpc) is 3.04. The van der Waals surface area contributed by atoms with Crippen molar-refractivity contribution < 1.29 is 37.6 Å². The molecular weight excluding hydrogens is 605 g/mol. The van der Waals surface area contributed by atoms with Crippen molar-refractivity contribution >= 4 is 19.8 Å². The highest BCUT2D eigenvalue weighted by atomic mass is 31.2. The van der Waals surface area contributed by atoms with Gasteiger partial charge in [-0.1, -0.05) is 115 Å². The highest BCUT2D eigenvalue weighted by Crippen LogP contribution is 2.43. The lowest BCUT2D eigenvalue weighted by Crippen LogP contribution is -2.29. The fraction of sp³-hybridized carbons (Fsp3) is 0.778. The van der Waals surface area contributed by atoms with Crippen molar-refractivity contribution in [1.82, 2.24) is 0 Å². The maximum Gasteiger partial charge on any atom is 0.472 e. The van der Waals surface area contributed by atoms with Crippen molar-refractivity contribution in [3.05, 3.63) is 36.5 Å². The van der Waals surface area contributed by atoms with Crippen LogP contribution in [0.5, 0.6) is 0 Å². The summed E-state index contributed by atoms with van der Waals surface area (Å²) in [5.41, 5.74) is 5.31. The number of unbranched alkanes of at least 4 members (excludes halogenated alkanes) is 14. The van der Waals surface area contributed by atoms with Crippen LogP contribution in [0, 0.1) is 0 Å². The van der Waals surface area contributed by atoms with Gasteiger partial charge in [0.25, 0.3) is 0 Å². The van der Waals surface area contributed by atoms with Crippen LogP contribution in [-0.2, 0) is 32.7 Å². The van der Waals surface area contributed by atoms with Crippen molar-refractivity contribution in [2.24, 2.45) is 5.73 Å². The standard InChI is InChI=1S/C36H66NO8P/c1-3-5-7-9-11-13-15-17-19-21-23-25-27-29-36(39)45-34(33-44-46(40,41)43-31-30-37)32-42-35(38)28-26-24-22-20-18-16-14-12-10-8-6-4-2/h12,14,17,19,23,25,34H,3-11,13,15-16,18,20-22,24,26-33,37H2,1-2H3,(H,40,41)/b14-12+,19-17+,25-23+. The van der Waals surface area contributed by atoms with E-state index in [2.05, 4.69) is 38.2 Å². The Morgan fingerprint density at radius 3 is 1.80 bits per heavy atom. The number of ether oxygens (including phenoxy) is 2. The highest BCUT2D eigenvalue weighted by Gasteiger charge is 2.25. The zero-order valence-corrected chi connectivity index (χ0v) is 29.9. The molecule has 2 atom stereocenters. The van der Waals surface area contributed by atoms with Crippen LogP contribution < -0.4 is 5.73 Å². The molecule has 0 fully saturated rings. The summed E-state index contributed by atoms with van der Waals surface area (Å²) in [5.74, 6) is -0.922. The monoisotopic (exact) mass is 671 g/mol. The van der Waals surface area contributed by atoms with Crippen LogP contribution in [0.3, 0.4) is 0 Å². The summed E-state index contributed by atoms with van der Waals surface area (Å²) in [6, 6.07) is 0. The summed E-state index contributed by atoms with van der Waals surface area (Å²) < 4.78 is 32.5. The molecule has 0 aliphatic carbocycles. The molecule has 0 saturated carbocycles. The molecule has 0 spiro atoms. The van der Waals surface area contributed by atoms with E-state index in [1.807, 2.05) is 12.2 Å². The minimum absolute atomic E-state index is 0.0442. The number of phosphoric ester groups is 1. The molecule has 0 amide bonds. The van der Waals surface area contributed by atoms with E-state index in [0.717, 1.165) is 44.9 Å². The lowest BCUT2D eigenvalue weighted by Gasteiger charge is -2.19. The molecule has 0 aromatic rings. The normalized spacial score (nSPS) is 13.9. The van der Waals surface area contributed by atoms with E-state index in [0.29, 0.717) is 12.8 Å². The van der Waals surface area contributed by atoms with Crippen LogP contribution in [0.2, 0.25) is 0 Å². The van der Waals surface area contributed by atoms with Gasteiger partial charge < -0.3 is 20.1 Å². The van der Waals surface area contributed by atoms with E-state index in [1.54, 1.807) is 0 Å². The highest BCUT2D eigenvalue weighted by molar-refractivity contribution is 7.47. The number of esters is 2. The first-order valence-corrected chi connectivity index (χ1v) is 19.5. The maximum absolute atomic E-state index is 12.4. The lowest BCUT2D eigenvalue weighted by molar-refractivity contribution is -0.161. The second-order valence-electron chi connectivity index (χ2n) is 11.7. The maximum atomic E-state index is 12.4. The predicted molar refractivity (Wildman–Crippen MR) is 187 cm³/mol. The summed E-state index contributed by atoms with van der Waals surface area (Å²) in [6.07, 6.45) is 33.3. The van der Waals surface area contributed by atoms with Gasteiger partial charge in [0.1, 0.15) is 6.61 Å². The zero-order valence-electron chi connectivity index (χ0n) is 29.0. The first-order chi connectivity index (χ1) is 22.3. The number of allylic oxidation sites excluding steroid dienone is 6. The Bertz CT molecular complexity index is 861. The summed E-state index contributed by atoms with van der Waals surface area (Å²) in [5, 5.41) is 0. The Kier molecular flexibility index (Phi) is 31.9. The van der Waals surface area contributed by atoms with E-state index in [9.17, 15) is 19.0 Å². The van der Waals surface area contributed by atoms with E-state index in [-0.39, 0.29) is 32.6 Å². The van der Waals surface area contributed by atoms with Crippen molar-refractivity contribution in [2.45, 2.75) is 155 Å². The largest absolute Gasteiger partial charge is 0.472 e. The van der Waals surface area contributed by atoms with Gasteiger partial charge in [0.05, 0.1) is 13.2 Å². The Morgan fingerprint density at radius 2 is 1.17 bits per heavy atom. The number of phosphoric acid groups is 1. The van der Waals surface area contributed by atoms with Gasteiger partial charge in [0.15, 0.2) is 6.10 Å². The Balaban J connectivity index is 4.37. The van der Waals surface area contributed by atoms with Crippen molar-refractivity contribution in [1.29, 1.82) is 0 Å². The topological polar surface area (TPSA) is 134 Å². The molecule has 9 nitrogen and oxygen atoms in total. The lowest BCUT2D eigenvalue weighted by atomic mass is 10.1. The fourth-order valence-electron chi connectivity index (χ4n) is 4.56. The number of rotatable bonds is 33. The molecule has 0 radical (unpaired) electrons. The molecule has 268 valence electrons. The van der Waals surface area contributed by atoms with Gasteiger partial charge in [0, 0.05) is 19.4 Å². The first-order valence-electron chi connectivity index (χ1n) is 18.0. The molecule has 0 heterocycles. The van der Waals surface area contributed by atoms with Gasteiger partial charge in [-0.15, -0.1) is 0 Å². The quantitative estimate of drug-likeness (QED) is 0.0303. The molecule has 0 rings (SSSR count). The summed E-state index contributed by atoms with van der Waals surface area (Å²) in [7, 11) is -4.38. The van der Waals surface area contributed by atoms with Crippen molar-refractivity contribution in [3.63, 3.8) is 0 Å². The van der Waals surface area contributed by atoms with E-state index < -0.39 is 32.5 Å². The molecule has 46 heavy (non-hydrogen) atoms. The van der Waals surface area contributed by atoms with Crippen LogP contribution in [0.25, 0.3) is 0 Å². The minimum Gasteiger partial charge on any atom is -0.462 e. The van der Waals surface area contributed by atoms with E-state index >= 15 is 0 Å². The van der Waals surface area contributed by atoms with Crippen molar-refractivity contribution in [3.8, 4) is 0 Å². The third-order valence-electron chi connectivity index (χ3n) is 7.26. The molecule has 0 aliphatic rings. The average molecular weight is 672 g/mol. The fourth-order valence-corrected chi connectivity index (χ4v) is 5.33. The summed E-state index contributed by atoms with van der Waals surface area (Å²) in [6.45, 7) is 3.59. The van der Waals surface area contributed by atoms with Gasteiger partial charge in [0.2, 0.25) is 0 Å². The van der Waals surface area contributed by atoms with Crippen LogP contribution in [0.4, 0.5) is 0 Å². The zero-order chi connectivity index (χ0) is 34.0. The van der Waals surface area contributed by atoms with Gasteiger partial charge >= 0.3 is 19.8 Å². The minimum atomic E-state index is -4.38. The van der Waals surface area contributed by atoms with Gasteiger partial charge in [-0.25, -0.2) is 4.57 Å². The van der Waals surface area contributed by atoms with Crippen molar-refractivity contribution in [2.75, 3.05) is 26.4 Å². The third-order valence-corrected chi connectivity index (χ3v) is 8.25. The molecule has 0 aromatic heterocycles. The third kappa shape index (κ3) is 32.2. The Labute approximate surface area is 280 Å². The molecular formula is C36H66NO8P. The van der Waals surface area contributed by atoms with Crippen LogP contribution in [-0.4, -0.2) is 49.3 Å². The van der Waals surface area contributed by atoms with E-state index in [1.165, 1.54) is 64.2 Å². The smallest absolute Gasteiger partial charge is 0.462 e. The molecule has 0 aromatic carbocycles. The Hall–Kier alpha value is -1.77. The molecule has 0 bridgehead atoms.